The Bertz CT molecular complexity index is 942. The summed E-state index contributed by atoms with van der Waals surface area (Å²) < 4.78 is 0. The van der Waals surface area contributed by atoms with Crippen molar-refractivity contribution in [2.24, 2.45) is 0 Å². The third-order valence-electron chi connectivity index (χ3n) is 4.00. The molecule has 1 amide bonds. The molecular weight excluding hydrogens is 330 g/mol. The topological polar surface area (TPSA) is 95.3 Å². The number of aromatic hydroxyl groups is 2. The van der Waals surface area contributed by atoms with Crippen LogP contribution in [-0.4, -0.2) is 26.1 Å². The number of carbonyl (C=O) groups excluding carboxylic acids is 1. The maximum absolute atomic E-state index is 12.6. The third-order valence-corrected chi connectivity index (χ3v) is 4.00. The van der Waals surface area contributed by atoms with Gasteiger partial charge in [-0.15, -0.1) is 0 Å². The van der Waals surface area contributed by atoms with E-state index in [1.54, 1.807) is 6.07 Å². The molecule has 2 aromatic carbocycles. The molecule has 1 unspecified atom stereocenters. The van der Waals surface area contributed by atoms with Crippen molar-refractivity contribution >= 4 is 5.91 Å². The van der Waals surface area contributed by atoms with Crippen molar-refractivity contribution in [3.05, 3.63) is 71.4 Å². The molecule has 0 aliphatic heterocycles. The molecule has 1 aromatic heterocycles. The third kappa shape index (κ3) is 3.64. The van der Waals surface area contributed by atoms with Crippen LogP contribution in [0.3, 0.4) is 0 Å². The Morgan fingerprint density at radius 1 is 1.04 bits per heavy atom. The minimum Gasteiger partial charge on any atom is -0.501 e. The number of nitrogens with one attached hydrogen (secondary N) is 1. The lowest BCUT2D eigenvalue weighted by Gasteiger charge is -2.15. The molecule has 0 saturated carbocycles. The molecule has 0 spiro atoms. The van der Waals surface area contributed by atoms with Crippen molar-refractivity contribution in [1.82, 2.24) is 15.3 Å². The van der Waals surface area contributed by atoms with E-state index < -0.39 is 17.5 Å². The number of benzene rings is 2. The number of rotatable bonds is 4. The van der Waals surface area contributed by atoms with Crippen LogP contribution in [0.5, 0.6) is 11.6 Å². The Hall–Kier alpha value is -3.41. The Morgan fingerprint density at radius 3 is 2.46 bits per heavy atom. The van der Waals surface area contributed by atoms with E-state index in [2.05, 4.69) is 15.3 Å². The second-order valence-corrected chi connectivity index (χ2v) is 6.04. The Balaban J connectivity index is 1.92. The molecule has 1 atom stereocenters. The summed E-state index contributed by atoms with van der Waals surface area (Å²) in [6.45, 7) is 3.74. The van der Waals surface area contributed by atoms with E-state index in [1.807, 2.05) is 62.4 Å². The molecule has 1 heterocycles. The molecule has 132 valence electrons. The molecule has 0 bridgehead atoms. The minimum absolute atomic E-state index is 0.168. The highest BCUT2D eigenvalue weighted by Crippen LogP contribution is 2.29. The molecule has 0 aliphatic carbocycles. The summed E-state index contributed by atoms with van der Waals surface area (Å²) in [6.07, 6.45) is 0. The Morgan fingerprint density at radius 2 is 1.77 bits per heavy atom. The first kappa shape index (κ1) is 17.4. The lowest BCUT2D eigenvalue weighted by molar-refractivity contribution is 0.0930. The highest BCUT2D eigenvalue weighted by Gasteiger charge is 2.22. The van der Waals surface area contributed by atoms with Gasteiger partial charge in [0, 0.05) is 5.56 Å². The average Bonchev–Trinajstić information content (AvgIpc) is 2.64. The fourth-order valence-electron chi connectivity index (χ4n) is 2.60. The van der Waals surface area contributed by atoms with Crippen molar-refractivity contribution < 1.29 is 15.0 Å². The smallest absolute Gasteiger partial charge is 0.274 e. The molecule has 0 fully saturated rings. The van der Waals surface area contributed by atoms with Gasteiger partial charge in [0.25, 0.3) is 11.8 Å². The van der Waals surface area contributed by atoms with Gasteiger partial charge in [-0.1, -0.05) is 54.1 Å². The highest BCUT2D eigenvalue weighted by molar-refractivity contribution is 5.96. The van der Waals surface area contributed by atoms with Gasteiger partial charge in [-0.3, -0.25) is 4.79 Å². The fraction of sp³-hybridized carbons (Fsp3) is 0.150. The summed E-state index contributed by atoms with van der Waals surface area (Å²) in [5.74, 6) is -1.69. The van der Waals surface area contributed by atoms with Crippen LogP contribution in [0.25, 0.3) is 11.4 Å². The average molecular weight is 349 g/mol. The van der Waals surface area contributed by atoms with Gasteiger partial charge < -0.3 is 15.5 Å². The summed E-state index contributed by atoms with van der Waals surface area (Å²) in [6, 6.07) is 16.5. The summed E-state index contributed by atoms with van der Waals surface area (Å²) in [4.78, 5) is 20.6. The summed E-state index contributed by atoms with van der Waals surface area (Å²) in [7, 11) is 0. The number of hydrogen-bond acceptors (Lipinski definition) is 5. The zero-order valence-corrected chi connectivity index (χ0v) is 14.5. The van der Waals surface area contributed by atoms with Crippen molar-refractivity contribution in [3.63, 3.8) is 0 Å². The van der Waals surface area contributed by atoms with Crippen molar-refractivity contribution in [3.8, 4) is 23.0 Å². The van der Waals surface area contributed by atoms with Gasteiger partial charge >= 0.3 is 0 Å². The van der Waals surface area contributed by atoms with Gasteiger partial charge in [-0.25, -0.2) is 4.98 Å². The number of amides is 1. The standard InChI is InChI=1S/C20H19N3O3/c1-12-7-6-10-15(11-12)18-22-16(17(24)20(26)23-18)19(25)21-13(2)14-8-4-3-5-9-14/h3-11,13,24H,1-2H3,(H,21,25)(H,22,23,26). The molecule has 0 saturated heterocycles. The molecule has 0 aliphatic rings. The fourth-order valence-corrected chi connectivity index (χ4v) is 2.60. The maximum atomic E-state index is 12.6. The zero-order chi connectivity index (χ0) is 18.7. The Labute approximate surface area is 151 Å². The minimum atomic E-state index is -0.640. The molecule has 3 rings (SSSR count). The van der Waals surface area contributed by atoms with Gasteiger partial charge in [-0.2, -0.15) is 4.98 Å². The number of aryl methyl sites for hydroxylation is 1. The Kier molecular flexibility index (Phi) is 4.84. The van der Waals surface area contributed by atoms with Crippen LogP contribution in [0.1, 0.15) is 34.6 Å². The number of aromatic nitrogens is 2. The number of carbonyl (C=O) groups is 1. The summed E-state index contributed by atoms with van der Waals surface area (Å²) in [5, 5.41) is 22.7. The van der Waals surface area contributed by atoms with E-state index in [0.29, 0.717) is 5.56 Å². The first-order valence-corrected chi connectivity index (χ1v) is 8.18. The quantitative estimate of drug-likeness (QED) is 0.671. The predicted octanol–water partition coefficient (Wildman–Crippen LogP) is 3.35. The van der Waals surface area contributed by atoms with Gasteiger partial charge in [0.15, 0.2) is 11.5 Å². The zero-order valence-electron chi connectivity index (χ0n) is 14.5. The van der Waals surface area contributed by atoms with E-state index in [0.717, 1.165) is 11.1 Å². The number of hydrogen-bond donors (Lipinski definition) is 3. The van der Waals surface area contributed by atoms with E-state index in [9.17, 15) is 15.0 Å². The van der Waals surface area contributed by atoms with Crippen LogP contribution >= 0.6 is 0 Å². The van der Waals surface area contributed by atoms with Crippen molar-refractivity contribution in [1.29, 1.82) is 0 Å². The molecule has 26 heavy (non-hydrogen) atoms. The van der Waals surface area contributed by atoms with Crippen LogP contribution in [0.4, 0.5) is 0 Å². The lowest BCUT2D eigenvalue weighted by Crippen LogP contribution is -2.27. The van der Waals surface area contributed by atoms with E-state index in [-0.39, 0.29) is 17.6 Å². The lowest BCUT2D eigenvalue weighted by atomic mass is 10.1. The summed E-state index contributed by atoms with van der Waals surface area (Å²) in [5.41, 5.74) is 2.28. The maximum Gasteiger partial charge on any atom is 0.274 e. The van der Waals surface area contributed by atoms with Crippen molar-refractivity contribution in [2.75, 3.05) is 0 Å². The van der Waals surface area contributed by atoms with E-state index in [4.69, 9.17) is 0 Å². The normalized spacial score (nSPS) is 11.8. The molecule has 6 heteroatoms. The van der Waals surface area contributed by atoms with Crippen LogP contribution in [0.2, 0.25) is 0 Å². The van der Waals surface area contributed by atoms with Crippen LogP contribution < -0.4 is 5.32 Å². The monoisotopic (exact) mass is 349 g/mol. The molecule has 0 radical (unpaired) electrons. The first-order valence-electron chi connectivity index (χ1n) is 8.18. The number of nitrogens with zero attached hydrogens (tertiary/aromatic N) is 2. The largest absolute Gasteiger partial charge is 0.501 e. The van der Waals surface area contributed by atoms with Crippen molar-refractivity contribution in [2.45, 2.75) is 19.9 Å². The first-order chi connectivity index (χ1) is 12.5. The van der Waals surface area contributed by atoms with Gasteiger partial charge in [0.1, 0.15) is 0 Å². The second kappa shape index (κ2) is 7.23. The molecule has 3 aromatic rings. The molecule has 3 N–H and O–H groups in total. The highest BCUT2D eigenvalue weighted by atomic mass is 16.3. The SMILES string of the molecule is Cc1cccc(-c2nc(O)c(O)c(C(=O)NC(C)c3ccccc3)n2)c1. The van der Waals surface area contributed by atoms with Crippen LogP contribution in [0.15, 0.2) is 54.6 Å². The van der Waals surface area contributed by atoms with Gasteiger partial charge in [0.2, 0.25) is 5.75 Å². The van der Waals surface area contributed by atoms with E-state index >= 15 is 0 Å². The van der Waals surface area contributed by atoms with Gasteiger partial charge in [-0.05, 0) is 25.5 Å². The van der Waals surface area contributed by atoms with Crippen LogP contribution in [0, 0.1) is 6.92 Å². The predicted molar refractivity (Wildman–Crippen MR) is 97.9 cm³/mol. The van der Waals surface area contributed by atoms with Crippen LogP contribution in [-0.2, 0) is 0 Å². The van der Waals surface area contributed by atoms with Gasteiger partial charge in [0.05, 0.1) is 6.04 Å². The van der Waals surface area contributed by atoms with E-state index in [1.165, 1.54) is 0 Å². The second-order valence-electron chi connectivity index (χ2n) is 6.04. The summed E-state index contributed by atoms with van der Waals surface area (Å²) >= 11 is 0. The molecule has 6 nitrogen and oxygen atoms in total. The molecular formula is C20H19N3O3.